The van der Waals surface area contributed by atoms with Crippen molar-refractivity contribution in [2.75, 3.05) is 38.2 Å². The minimum absolute atomic E-state index is 0.102. The summed E-state index contributed by atoms with van der Waals surface area (Å²) in [6.45, 7) is 3.44. The fourth-order valence-corrected chi connectivity index (χ4v) is 3.67. The predicted octanol–water partition coefficient (Wildman–Crippen LogP) is 1.73. The van der Waals surface area contributed by atoms with Crippen LogP contribution in [-0.2, 0) is 0 Å². The van der Waals surface area contributed by atoms with Crippen molar-refractivity contribution in [3.8, 4) is 11.1 Å². The number of nitrogens with zero attached hydrogens (tertiary/aromatic N) is 6. The summed E-state index contributed by atoms with van der Waals surface area (Å²) in [5.41, 5.74) is 2.86. The Morgan fingerprint density at radius 1 is 1.00 bits per heavy atom. The second-order valence-electron chi connectivity index (χ2n) is 7.08. The molecular formula is C20H19FN6O. The second-order valence-corrected chi connectivity index (χ2v) is 7.08. The number of halogens is 1. The molecule has 1 fully saturated rings. The van der Waals surface area contributed by atoms with E-state index in [1.807, 2.05) is 6.07 Å². The molecule has 0 unspecified atom stereocenters. The molecule has 142 valence electrons. The predicted molar refractivity (Wildman–Crippen MR) is 106 cm³/mol. The molecule has 28 heavy (non-hydrogen) atoms. The summed E-state index contributed by atoms with van der Waals surface area (Å²) >= 11 is 0. The SMILES string of the molecule is CN1CCN(n2ccc3c(cnc4c(-c5ccc(F)cc5)cnn43)c2=O)CC1. The van der Waals surface area contributed by atoms with Gasteiger partial charge in [-0.3, -0.25) is 4.79 Å². The van der Waals surface area contributed by atoms with Gasteiger partial charge in [-0.05, 0) is 30.8 Å². The standard InChI is InChI=1S/C20H19FN6O/c1-24-8-10-25(11-9-24)26-7-6-18-17(20(26)28)12-22-19-16(13-23-27(18)19)14-2-4-15(21)5-3-14/h2-7,12-13H,8-11H2,1H3. The molecule has 1 aliphatic heterocycles. The van der Waals surface area contributed by atoms with Crippen molar-refractivity contribution in [1.29, 1.82) is 0 Å². The fourth-order valence-electron chi connectivity index (χ4n) is 3.67. The Kier molecular flexibility index (Phi) is 3.87. The summed E-state index contributed by atoms with van der Waals surface area (Å²) < 4.78 is 16.6. The molecule has 5 rings (SSSR count). The van der Waals surface area contributed by atoms with Crippen LogP contribution in [0.25, 0.3) is 27.7 Å². The summed E-state index contributed by atoms with van der Waals surface area (Å²) in [6, 6.07) is 8.11. The van der Waals surface area contributed by atoms with Crippen molar-refractivity contribution in [2.24, 2.45) is 0 Å². The third-order valence-corrected chi connectivity index (χ3v) is 5.32. The van der Waals surface area contributed by atoms with E-state index in [4.69, 9.17) is 0 Å². The minimum Gasteiger partial charge on any atom is -0.308 e. The van der Waals surface area contributed by atoms with Gasteiger partial charge in [0, 0.05) is 44.1 Å². The van der Waals surface area contributed by atoms with Gasteiger partial charge in [0.25, 0.3) is 5.56 Å². The molecule has 0 amide bonds. The number of aromatic nitrogens is 4. The summed E-state index contributed by atoms with van der Waals surface area (Å²) in [5.74, 6) is -0.289. The largest absolute Gasteiger partial charge is 0.308 e. The van der Waals surface area contributed by atoms with Crippen LogP contribution < -0.4 is 10.6 Å². The van der Waals surface area contributed by atoms with Crippen LogP contribution in [-0.4, -0.2) is 57.4 Å². The van der Waals surface area contributed by atoms with E-state index in [0.717, 1.165) is 37.3 Å². The lowest BCUT2D eigenvalue weighted by atomic mass is 10.1. The Bertz CT molecular complexity index is 1220. The van der Waals surface area contributed by atoms with E-state index in [0.29, 0.717) is 16.6 Å². The number of fused-ring (bicyclic) bond motifs is 3. The average Bonchev–Trinajstić information content (AvgIpc) is 3.14. The van der Waals surface area contributed by atoms with Gasteiger partial charge in [-0.25, -0.2) is 18.6 Å². The van der Waals surface area contributed by atoms with Crippen LogP contribution in [0.4, 0.5) is 4.39 Å². The molecule has 0 bridgehead atoms. The van der Waals surface area contributed by atoms with Gasteiger partial charge in [-0.2, -0.15) is 5.10 Å². The number of benzene rings is 1. The zero-order chi connectivity index (χ0) is 19.3. The van der Waals surface area contributed by atoms with Gasteiger partial charge in [0.05, 0.1) is 17.1 Å². The lowest BCUT2D eigenvalue weighted by Crippen LogP contribution is -2.52. The Hall–Kier alpha value is -3.26. The van der Waals surface area contributed by atoms with E-state index in [9.17, 15) is 9.18 Å². The Morgan fingerprint density at radius 2 is 1.75 bits per heavy atom. The first kappa shape index (κ1) is 16.9. The molecule has 0 spiro atoms. The number of hydrogen-bond acceptors (Lipinski definition) is 5. The van der Waals surface area contributed by atoms with Crippen LogP contribution in [0.15, 0.2) is 53.7 Å². The van der Waals surface area contributed by atoms with Gasteiger partial charge in [-0.1, -0.05) is 12.1 Å². The molecule has 0 aliphatic carbocycles. The molecule has 4 aromatic rings. The lowest BCUT2D eigenvalue weighted by Gasteiger charge is -2.34. The van der Waals surface area contributed by atoms with Crippen LogP contribution in [0.5, 0.6) is 0 Å². The fraction of sp³-hybridized carbons (Fsp3) is 0.250. The van der Waals surface area contributed by atoms with Gasteiger partial charge in [0.15, 0.2) is 5.65 Å². The van der Waals surface area contributed by atoms with Gasteiger partial charge in [0.1, 0.15) is 5.82 Å². The van der Waals surface area contributed by atoms with Crippen LogP contribution in [0.2, 0.25) is 0 Å². The number of hydrogen-bond donors (Lipinski definition) is 0. The third kappa shape index (κ3) is 2.65. The molecule has 1 aliphatic rings. The van der Waals surface area contributed by atoms with Crippen molar-refractivity contribution in [1.82, 2.24) is 24.2 Å². The first-order chi connectivity index (χ1) is 13.6. The maximum absolute atomic E-state index is 13.2. The highest BCUT2D eigenvalue weighted by molar-refractivity contribution is 5.85. The normalized spacial score (nSPS) is 15.6. The average molecular weight is 378 g/mol. The molecule has 0 atom stereocenters. The van der Waals surface area contributed by atoms with Crippen molar-refractivity contribution >= 4 is 16.6 Å². The maximum Gasteiger partial charge on any atom is 0.280 e. The van der Waals surface area contributed by atoms with E-state index >= 15 is 0 Å². The highest BCUT2D eigenvalue weighted by Crippen LogP contribution is 2.25. The Balaban J connectivity index is 1.62. The summed E-state index contributed by atoms with van der Waals surface area (Å²) in [7, 11) is 2.08. The number of pyridine rings is 1. The highest BCUT2D eigenvalue weighted by atomic mass is 19.1. The lowest BCUT2D eigenvalue weighted by molar-refractivity contribution is 0.286. The zero-order valence-electron chi connectivity index (χ0n) is 15.4. The van der Waals surface area contributed by atoms with E-state index in [-0.39, 0.29) is 11.4 Å². The molecule has 7 nitrogen and oxygen atoms in total. The molecule has 0 saturated carbocycles. The van der Waals surface area contributed by atoms with Crippen molar-refractivity contribution in [3.05, 3.63) is 65.1 Å². The topological polar surface area (TPSA) is 58.7 Å². The van der Waals surface area contributed by atoms with Crippen molar-refractivity contribution in [2.45, 2.75) is 0 Å². The molecular weight excluding hydrogens is 359 g/mol. The van der Waals surface area contributed by atoms with Gasteiger partial charge < -0.3 is 9.91 Å². The molecule has 0 N–H and O–H groups in total. The van der Waals surface area contributed by atoms with Crippen LogP contribution in [0.3, 0.4) is 0 Å². The monoisotopic (exact) mass is 378 g/mol. The van der Waals surface area contributed by atoms with Crippen LogP contribution in [0, 0.1) is 5.82 Å². The molecule has 8 heteroatoms. The van der Waals surface area contributed by atoms with E-state index < -0.39 is 0 Å². The smallest absolute Gasteiger partial charge is 0.280 e. The first-order valence-electron chi connectivity index (χ1n) is 9.19. The van der Waals surface area contributed by atoms with E-state index in [1.54, 1.807) is 39.9 Å². The molecule has 4 heterocycles. The number of likely N-dealkylation sites (N-methyl/N-ethyl adjacent to an activating group) is 1. The van der Waals surface area contributed by atoms with Gasteiger partial charge in [-0.15, -0.1) is 0 Å². The molecule has 1 aromatic carbocycles. The van der Waals surface area contributed by atoms with Crippen molar-refractivity contribution < 1.29 is 4.39 Å². The zero-order valence-corrected chi connectivity index (χ0v) is 15.4. The van der Waals surface area contributed by atoms with Crippen LogP contribution >= 0.6 is 0 Å². The second kappa shape index (κ2) is 6.42. The number of rotatable bonds is 2. The van der Waals surface area contributed by atoms with Gasteiger partial charge >= 0.3 is 0 Å². The summed E-state index contributed by atoms with van der Waals surface area (Å²) in [4.78, 5) is 19.8. The quantitative estimate of drug-likeness (QED) is 0.532. The Morgan fingerprint density at radius 3 is 2.50 bits per heavy atom. The van der Waals surface area contributed by atoms with Gasteiger partial charge in [0.2, 0.25) is 0 Å². The third-order valence-electron chi connectivity index (χ3n) is 5.32. The highest BCUT2D eigenvalue weighted by Gasteiger charge is 2.18. The van der Waals surface area contributed by atoms with E-state index in [1.165, 1.54) is 12.1 Å². The number of piperazine rings is 1. The van der Waals surface area contributed by atoms with Crippen LogP contribution in [0.1, 0.15) is 0 Å². The Labute approximate surface area is 160 Å². The molecule has 0 radical (unpaired) electrons. The minimum atomic E-state index is -0.289. The molecule has 3 aromatic heterocycles. The summed E-state index contributed by atoms with van der Waals surface area (Å²) in [5, 5.41) is 7.00. The summed E-state index contributed by atoms with van der Waals surface area (Å²) in [6.07, 6.45) is 5.10. The van der Waals surface area contributed by atoms with Crippen molar-refractivity contribution in [3.63, 3.8) is 0 Å². The first-order valence-corrected chi connectivity index (χ1v) is 9.19. The maximum atomic E-state index is 13.2. The molecule has 1 saturated heterocycles. The van der Waals surface area contributed by atoms with E-state index in [2.05, 4.69) is 27.0 Å².